The molecule has 0 spiro atoms. The van der Waals surface area contributed by atoms with E-state index in [0.717, 1.165) is 0 Å². The van der Waals surface area contributed by atoms with E-state index in [2.05, 4.69) is 11.3 Å². The standard InChI is InChI=1S/C10H15F2NO3/c1-4-16-9(15)10(8(11)12,13-6-14)5-7(2)3/h6,8H,2,4-5H2,1,3H3,(H,13,14). The molecular weight excluding hydrogens is 220 g/mol. The summed E-state index contributed by atoms with van der Waals surface area (Å²) in [6.45, 7) is 6.40. The van der Waals surface area contributed by atoms with E-state index in [-0.39, 0.29) is 19.4 Å². The van der Waals surface area contributed by atoms with Crippen LogP contribution in [0.2, 0.25) is 0 Å². The molecule has 0 bridgehead atoms. The predicted molar refractivity (Wildman–Crippen MR) is 54.0 cm³/mol. The van der Waals surface area contributed by atoms with E-state index in [1.165, 1.54) is 13.8 Å². The molecule has 0 saturated carbocycles. The summed E-state index contributed by atoms with van der Waals surface area (Å²) in [6.07, 6.45) is -3.36. The first kappa shape index (κ1) is 14.5. The number of halogens is 2. The van der Waals surface area contributed by atoms with Crippen LogP contribution in [0, 0.1) is 0 Å². The molecule has 1 amide bonds. The van der Waals surface area contributed by atoms with Crippen LogP contribution in [-0.4, -0.2) is 31.0 Å². The van der Waals surface area contributed by atoms with Gasteiger partial charge in [0.05, 0.1) is 6.61 Å². The largest absolute Gasteiger partial charge is 0.464 e. The van der Waals surface area contributed by atoms with Crippen molar-refractivity contribution in [3.63, 3.8) is 0 Å². The molecule has 0 fully saturated rings. The lowest BCUT2D eigenvalue weighted by Gasteiger charge is -2.29. The van der Waals surface area contributed by atoms with E-state index in [1.807, 2.05) is 5.32 Å². The highest BCUT2D eigenvalue weighted by Gasteiger charge is 2.48. The van der Waals surface area contributed by atoms with Gasteiger partial charge in [-0.2, -0.15) is 0 Å². The summed E-state index contributed by atoms with van der Waals surface area (Å²) in [6, 6.07) is 0. The fourth-order valence-corrected chi connectivity index (χ4v) is 1.25. The molecule has 0 aliphatic heterocycles. The fourth-order valence-electron chi connectivity index (χ4n) is 1.25. The topological polar surface area (TPSA) is 55.4 Å². The number of rotatable bonds is 7. The van der Waals surface area contributed by atoms with Crippen molar-refractivity contribution < 1.29 is 23.1 Å². The maximum atomic E-state index is 12.9. The molecular formula is C10H15F2NO3. The van der Waals surface area contributed by atoms with Crippen molar-refractivity contribution in [1.29, 1.82) is 0 Å². The summed E-state index contributed by atoms with van der Waals surface area (Å²) in [5.74, 6) is -1.15. The van der Waals surface area contributed by atoms with Gasteiger partial charge < -0.3 is 10.1 Å². The maximum absolute atomic E-state index is 12.9. The Kier molecular flexibility index (Phi) is 5.63. The second-order valence-corrected chi connectivity index (χ2v) is 3.39. The Hall–Kier alpha value is -1.46. The summed E-state index contributed by atoms with van der Waals surface area (Å²) >= 11 is 0. The molecule has 1 unspecified atom stereocenters. The minimum absolute atomic E-state index is 0.0377. The van der Waals surface area contributed by atoms with Gasteiger partial charge in [-0.3, -0.25) is 4.79 Å². The van der Waals surface area contributed by atoms with Gasteiger partial charge in [-0.25, -0.2) is 13.6 Å². The smallest absolute Gasteiger partial charge is 0.338 e. The van der Waals surface area contributed by atoms with Crippen LogP contribution in [0.4, 0.5) is 8.78 Å². The fraction of sp³-hybridized carbons (Fsp3) is 0.600. The molecule has 0 aliphatic carbocycles. The van der Waals surface area contributed by atoms with Crippen LogP contribution >= 0.6 is 0 Å². The minimum atomic E-state index is -3.06. The molecule has 6 heteroatoms. The Bertz CT molecular complexity index is 281. The minimum Gasteiger partial charge on any atom is -0.464 e. The normalized spacial score (nSPS) is 14.1. The average Bonchev–Trinajstić information content (AvgIpc) is 2.16. The van der Waals surface area contributed by atoms with Gasteiger partial charge >= 0.3 is 5.97 Å². The second kappa shape index (κ2) is 6.19. The van der Waals surface area contributed by atoms with Gasteiger partial charge in [-0.05, 0) is 13.8 Å². The number of carbonyl (C=O) groups is 2. The van der Waals surface area contributed by atoms with Crippen LogP contribution in [0.1, 0.15) is 20.3 Å². The Morgan fingerprint density at radius 3 is 2.50 bits per heavy atom. The van der Waals surface area contributed by atoms with Crippen molar-refractivity contribution in [2.45, 2.75) is 32.2 Å². The zero-order chi connectivity index (χ0) is 12.8. The van der Waals surface area contributed by atoms with E-state index in [1.54, 1.807) is 0 Å². The number of amides is 1. The first-order valence-electron chi connectivity index (χ1n) is 4.71. The van der Waals surface area contributed by atoms with E-state index >= 15 is 0 Å². The number of hydrogen-bond donors (Lipinski definition) is 1. The number of hydrogen-bond acceptors (Lipinski definition) is 3. The molecule has 0 saturated heterocycles. The van der Waals surface area contributed by atoms with E-state index in [0.29, 0.717) is 5.57 Å². The molecule has 0 aromatic carbocycles. The van der Waals surface area contributed by atoms with E-state index < -0.39 is 17.9 Å². The Balaban J connectivity index is 5.14. The SMILES string of the molecule is C=C(C)CC(NC=O)(C(=O)OCC)C(F)F. The van der Waals surface area contributed by atoms with Crippen molar-refractivity contribution in [3.8, 4) is 0 Å². The predicted octanol–water partition coefficient (Wildman–Crippen LogP) is 1.27. The molecule has 0 heterocycles. The lowest BCUT2D eigenvalue weighted by Crippen LogP contribution is -2.58. The zero-order valence-corrected chi connectivity index (χ0v) is 9.26. The lowest BCUT2D eigenvalue weighted by molar-refractivity contribution is -0.159. The third kappa shape index (κ3) is 3.29. The first-order chi connectivity index (χ1) is 7.40. The highest BCUT2D eigenvalue weighted by atomic mass is 19.3. The average molecular weight is 235 g/mol. The molecule has 0 aromatic rings. The number of nitrogens with one attached hydrogen (secondary N) is 1. The third-order valence-corrected chi connectivity index (χ3v) is 1.91. The van der Waals surface area contributed by atoms with Crippen molar-refractivity contribution in [3.05, 3.63) is 12.2 Å². The van der Waals surface area contributed by atoms with E-state index in [4.69, 9.17) is 0 Å². The summed E-state index contributed by atoms with van der Waals surface area (Å²) < 4.78 is 30.4. The van der Waals surface area contributed by atoms with Gasteiger partial charge in [0.15, 0.2) is 0 Å². The van der Waals surface area contributed by atoms with E-state index in [9.17, 15) is 18.4 Å². The van der Waals surface area contributed by atoms with Crippen LogP contribution in [0.5, 0.6) is 0 Å². The lowest BCUT2D eigenvalue weighted by atomic mass is 9.92. The Labute approximate surface area is 92.7 Å². The molecule has 0 aliphatic rings. The Morgan fingerprint density at radius 1 is 1.62 bits per heavy atom. The van der Waals surface area contributed by atoms with Crippen molar-refractivity contribution in [2.24, 2.45) is 0 Å². The van der Waals surface area contributed by atoms with Gasteiger partial charge in [0, 0.05) is 6.42 Å². The van der Waals surface area contributed by atoms with Gasteiger partial charge in [0.25, 0.3) is 6.43 Å². The molecule has 0 radical (unpaired) electrons. The highest BCUT2D eigenvalue weighted by Crippen LogP contribution is 2.25. The number of alkyl halides is 2. The summed E-state index contributed by atoms with van der Waals surface area (Å²) in [4.78, 5) is 21.8. The monoisotopic (exact) mass is 235 g/mol. The second-order valence-electron chi connectivity index (χ2n) is 3.39. The van der Waals surface area contributed by atoms with Crippen molar-refractivity contribution in [2.75, 3.05) is 6.61 Å². The van der Waals surface area contributed by atoms with Crippen LogP contribution in [-0.2, 0) is 14.3 Å². The number of esters is 1. The Morgan fingerprint density at radius 2 is 2.19 bits per heavy atom. The van der Waals surface area contributed by atoms with Crippen LogP contribution in [0.3, 0.4) is 0 Å². The molecule has 92 valence electrons. The molecule has 0 aromatic heterocycles. The first-order valence-corrected chi connectivity index (χ1v) is 4.71. The van der Waals surface area contributed by atoms with Crippen molar-refractivity contribution in [1.82, 2.24) is 5.32 Å². The zero-order valence-electron chi connectivity index (χ0n) is 9.26. The van der Waals surface area contributed by atoms with Crippen LogP contribution in [0.15, 0.2) is 12.2 Å². The molecule has 1 atom stereocenters. The van der Waals surface area contributed by atoms with Gasteiger partial charge in [-0.1, -0.05) is 5.57 Å². The highest BCUT2D eigenvalue weighted by molar-refractivity contribution is 5.84. The van der Waals surface area contributed by atoms with Gasteiger partial charge in [-0.15, -0.1) is 6.58 Å². The van der Waals surface area contributed by atoms with Gasteiger partial charge in [0.1, 0.15) is 0 Å². The number of carbonyl (C=O) groups excluding carboxylic acids is 2. The summed E-state index contributed by atoms with van der Waals surface area (Å²) in [5.41, 5.74) is -1.98. The summed E-state index contributed by atoms with van der Waals surface area (Å²) in [5, 5.41) is 1.85. The third-order valence-electron chi connectivity index (χ3n) is 1.91. The van der Waals surface area contributed by atoms with Gasteiger partial charge in [0.2, 0.25) is 11.9 Å². The number of ether oxygens (including phenoxy) is 1. The molecule has 0 rings (SSSR count). The molecule has 16 heavy (non-hydrogen) atoms. The van der Waals surface area contributed by atoms with Crippen LogP contribution < -0.4 is 5.32 Å². The molecule has 1 N–H and O–H groups in total. The summed E-state index contributed by atoms with van der Waals surface area (Å²) in [7, 11) is 0. The quantitative estimate of drug-likeness (QED) is 0.410. The van der Waals surface area contributed by atoms with Crippen LogP contribution in [0.25, 0.3) is 0 Å². The maximum Gasteiger partial charge on any atom is 0.338 e. The molecule has 4 nitrogen and oxygen atoms in total. The van der Waals surface area contributed by atoms with Crippen molar-refractivity contribution >= 4 is 12.4 Å².